The fraction of sp³-hybridized carbons (Fsp3) is 0.500. The van der Waals surface area contributed by atoms with Crippen LogP contribution in [-0.2, 0) is 9.59 Å². The molecular weight excluding hydrogens is 270 g/mol. The molecule has 0 saturated heterocycles. The summed E-state index contributed by atoms with van der Waals surface area (Å²) in [4.78, 5) is 22.8. The molecule has 1 rings (SSSR count). The molecule has 0 radical (unpaired) electrons. The Hall–Kier alpha value is -2.04. The van der Waals surface area contributed by atoms with Crippen molar-refractivity contribution < 1.29 is 19.4 Å². The third kappa shape index (κ3) is 5.45. The SMILES string of the molecule is CC(C)c1cccc(OCC(=O)N[C@@H](C(=O)O)C(C)C)c1. The van der Waals surface area contributed by atoms with Gasteiger partial charge < -0.3 is 15.2 Å². The van der Waals surface area contributed by atoms with Crippen LogP contribution in [0.4, 0.5) is 0 Å². The molecule has 0 aromatic heterocycles. The number of carboxylic acid groups (broad SMARTS) is 1. The maximum Gasteiger partial charge on any atom is 0.326 e. The van der Waals surface area contributed by atoms with Crippen molar-refractivity contribution >= 4 is 11.9 Å². The van der Waals surface area contributed by atoms with Crippen LogP contribution in [0.2, 0.25) is 0 Å². The average Bonchev–Trinajstić information content (AvgIpc) is 2.42. The number of carbonyl (C=O) groups is 2. The van der Waals surface area contributed by atoms with Gasteiger partial charge in [-0.3, -0.25) is 4.79 Å². The normalized spacial score (nSPS) is 12.3. The van der Waals surface area contributed by atoms with Crippen LogP contribution in [0.25, 0.3) is 0 Å². The summed E-state index contributed by atoms with van der Waals surface area (Å²) in [6, 6.07) is 6.63. The van der Waals surface area contributed by atoms with E-state index in [1.165, 1.54) is 0 Å². The number of hydrogen-bond donors (Lipinski definition) is 2. The van der Waals surface area contributed by atoms with Gasteiger partial charge in [0.05, 0.1) is 0 Å². The number of ether oxygens (including phenoxy) is 1. The van der Waals surface area contributed by atoms with E-state index < -0.39 is 17.9 Å². The van der Waals surface area contributed by atoms with Gasteiger partial charge in [-0.2, -0.15) is 0 Å². The van der Waals surface area contributed by atoms with Gasteiger partial charge in [0.15, 0.2) is 6.61 Å². The van der Waals surface area contributed by atoms with Gasteiger partial charge in [0.25, 0.3) is 5.91 Å². The summed E-state index contributed by atoms with van der Waals surface area (Å²) in [6.07, 6.45) is 0. The Morgan fingerprint density at radius 2 is 1.90 bits per heavy atom. The molecule has 0 bridgehead atoms. The van der Waals surface area contributed by atoms with Crippen molar-refractivity contribution in [3.63, 3.8) is 0 Å². The Balaban J connectivity index is 2.57. The lowest BCUT2D eigenvalue weighted by molar-refractivity contribution is -0.143. The first-order valence-corrected chi connectivity index (χ1v) is 7.06. The molecule has 2 N–H and O–H groups in total. The van der Waals surface area contributed by atoms with Gasteiger partial charge in [-0.1, -0.05) is 39.8 Å². The van der Waals surface area contributed by atoms with Gasteiger partial charge in [-0.05, 0) is 29.5 Å². The maximum absolute atomic E-state index is 11.8. The van der Waals surface area contributed by atoms with E-state index in [1.807, 2.05) is 18.2 Å². The second kappa shape index (κ2) is 7.67. The first-order valence-electron chi connectivity index (χ1n) is 7.06. The summed E-state index contributed by atoms with van der Waals surface area (Å²) in [5.74, 6) is -0.686. The van der Waals surface area contributed by atoms with E-state index in [0.717, 1.165) is 5.56 Å². The molecular formula is C16H23NO4. The summed E-state index contributed by atoms with van der Waals surface area (Å²) >= 11 is 0. The molecule has 0 saturated carbocycles. The summed E-state index contributed by atoms with van der Waals surface area (Å²) < 4.78 is 5.41. The lowest BCUT2D eigenvalue weighted by Crippen LogP contribution is -2.46. The van der Waals surface area contributed by atoms with Crippen molar-refractivity contribution in [3.8, 4) is 5.75 Å². The maximum atomic E-state index is 11.8. The van der Waals surface area contributed by atoms with Gasteiger partial charge in [0.1, 0.15) is 11.8 Å². The Labute approximate surface area is 125 Å². The van der Waals surface area contributed by atoms with E-state index in [9.17, 15) is 9.59 Å². The van der Waals surface area contributed by atoms with Crippen molar-refractivity contribution in [2.45, 2.75) is 39.7 Å². The highest BCUT2D eigenvalue weighted by Crippen LogP contribution is 2.19. The molecule has 1 atom stereocenters. The van der Waals surface area contributed by atoms with E-state index in [2.05, 4.69) is 19.2 Å². The van der Waals surface area contributed by atoms with Crippen LogP contribution in [0.5, 0.6) is 5.75 Å². The zero-order chi connectivity index (χ0) is 16.0. The van der Waals surface area contributed by atoms with Crippen molar-refractivity contribution in [3.05, 3.63) is 29.8 Å². The number of benzene rings is 1. The predicted octanol–water partition coefficient (Wildman–Crippen LogP) is 2.41. The zero-order valence-electron chi connectivity index (χ0n) is 12.9. The second-order valence-electron chi connectivity index (χ2n) is 5.64. The summed E-state index contributed by atoms with van der Waals surface area (Å²) in [7, 11) is 0. The number of carboxylic acids is 1. The second-order valence-corrected chi connectivity index (χ2v) is 5.64. The Kier molecular flexibility index (Phi) is 6.21. The number of rotatable bonds is 7. The molecule has 1 amide bonds. The fourth-order valence-electron chi connectivity index (χ4n) is 1.84. The van der Waals surface area contributed by atoms with E-state index in [4.69, 9.17) is 9.84 Å². The van der Waals surface area contributed by atoms with Gasteiger partial charge >= 0.3 is 5.97 Å². The van der Waals surface area contributed by atoms with Crippen molar-refractivity contribution in [2.75, 3.05) is 6.61 Å². The third-order valence-electron chi connectivity index (χ3n) is 3.14. The van der Waals surface area contributed by atoms with Crippen LogP contribution in [0.15, 0.2) is 24.3 Å². The molecule has 116 valence electrons. The molecule has 0 fully saturated rings. The summed E-state index contributed by atoms with van der Waals surface area (Å²) in [6.45, 7) is 7.44. The van der Waals surface area contributed by atoms with Gasteiger partial charge in [0.2, 0.25) is 0 Å². The number of carbonyl (C=O) groups excluding carboxylic acids is 1. The zero-order valence-corrected chi connectivity index (χ0v) is 12.9. The molecule has 0 heterocycles. The first kappa shape index (κ1) is 17.0. The van der Waals surface area contributed by atoms with Crippen molar-refractivity contribution in [1.29, 1.82) is 0 Å². The predicted molar refractivity (Wildman–Crippen MR) is 80.4 cm³/mol. The van der Waals surface area contributed by atoms with Crippen molar-refractivity contribution in [2.24, 2.45) is 5.92 Å². The lowest BCUT2D eigenvalue weighted by atomic mass is 10.0. The quantitative estimate of drug-likeness (QED) is 0.809. The van der Waals surface area contributed by atoms with Gasteiger partial charge in [-0.15, -0.1) is 0 Å². The highest BCUT2D eigenvalue weighted by atomic mass is 16.5. The topological polar surface area (TPSA) is 75.6 Å². The van der Waals surface area contributed by atoms with Crippen LogP contribution in [0.1, 0.15) is 39.2 Å². The average molecular weight is 293 g/mol. The van der Waals surface area contributed by atoms with E-state index >= 15 is 0 Å². The highest BCUT2D eigenvalue weighted by molar-refractivity contribution is 5.84. The molecule has 0 aliphatic carbocycles. The Morgan fingerprint density at radius 3 is 2.43 bits per heavy atom. The minimum Gasteiger partial charge on any atom is -0.484 e. The number of hydrogen-bond acceptors (Lipinski definition) is 3. The van der Waals surface area contributed by atoms with Crippen LogP contribution in [0.3, 0.4) is 0 Å². The van der Waals surface area contributed by atoms with Crippen LogP contribution >= 0.6 is 0 Å². The smallest absolute Gasteiger partial charge is 0.326 e. The molecule has 5 nitrogen and oxygen atoms in total. The number of nitrogens with one attached hydrogen (secondary N) is 1. The van der Waals surface area contributed by atoms with Crippen LogP contribution < -0.4 is 10.1 Å². The minimum absolute atomic E-state index is 0.185. The number of amides is 1. The standard InChI is InChI=1S/C16H23NO4/c1-10(2)12-6-5-7-13(8-12)21-9-14(18)17-15(11(3)4)16(19)20/h5-8,10-11,15H,9H2,1-4H3,(H,17,18)(H,19,20)/t15-/m1/s1. The van der Waals surface area contributed by atoms with Gasteiger partial charge in [0, 0.05) is 0 Å². The monoisotopic (exact) mass is 293 g/mol. The third-order valence-corrected chi connectivity index (χ3v) is 3.14. The molecule has 0 aliphatic rings. The lowest BCUT2D eigenvalue weighted by Gasteiger charge is -2.18. The first-order chi connectivity index (χ1) is 9.81. The van der Waals surface area contributed by atoms with E-state index in [0.29, 0.717) is 11.7 Å². The molecule has 0 unspecified atom stereocenters. The highest BCUT2D eigenvalue weighted by Gasteiger charge is 2.23. The van der Waals surface area contributed by atoms with Crippen LogP contribution in [-0.4, -0.2) is 29.6 Å². The minimum atomic E-state index is -1.04. The molecule has 1 aromatic rings. The Bertz CT molecular complexity index is 497. The molecule has 21 heavy (non-hydrogen) atoms. The van der Waals surface area contributed by atoms with Gasteiger partial charge in [-0.25, -0.2) is 4.79 Å². The molecule has 5 heteroatoms. The fourth-order valence-corrected chi connectivity index (χ4v) is 1.84. The largest absolute Gasteiger partial charge is 0.484 e. The molecule has 0 aliphatic heterocycles. The van der Waals surface area contributed by atoms with Crippen LogP contribution in [0, 0.1) is 5.92 Å². The summed E-state index contributed by atoms with van der Waals surface area (Å²) in [5.41, 5.74) is 1.12. The Morgan fingerprint density at radius 1 is 1.24 bits per heavy atom. The van der Waals surface area contributed by atoms with Crippen molar-refractivity contribution in [1.82, 2.24) is 5.32 Å². The van der Waals surface area contributed by atoms with E-state index in [-0.39, 0.29) is 12.5 Å². The number of aliphatic carboxylic acids is 1. The summed E-state index contributed by atoms with van der Waals surface area (Å²) in [5, 5.41) is 11.5. The van der Waals surface area contributed by atoms with E-state index in [1.54, 1.807) is 19.9 Å². The molecule has 0 spiro atoms. The molecule has 1 aromatic carbocycles.